The standard InChI is InChI=1S/C14H19N3OS.ClH/c1-3-11-7-12-13(15-8-10-5-4-6-18-10)16-9(2)17-14(12)19-11;/h7,10H,3-6,8H2,1-2H3,(H,15,16,17);1H. The summed E-state index contributed by atoms with van der Waals surface area (Å²) in [5.41, 5.74) is 0. The molecule has 1 unspecified atom stereocenters. The third-order valence-corrected chi connectivity index (χ3v) is 4.60. The van der Waals surface area contributed by atoms with Crippen LogP contribution in [0.1, 0.15) is 30.5 Å². The SMILES string of the molecule is CCc1cc2c(NCC3CCCO3)nc(C)nc2s1.Cl. The van der Waals surface area contributed by atoms with Crippen molar-refractivity contribution in [1.29, 1.82) is 0 Å². The molecule has 1 aliphatic heterocycles. The van der Waals surface area contributed by atoms with Crippen LogP contribution in [0.4, 0.5) is 5.82 Å². The highest BCUT2D eigenvalue weighted by Crippen LogP contribution is 2.29. The molecule has 2 aromatic rings. The minimum absolute atomic E-state index is 0. The molecule has 1 aliphatic rings. The molecule has 4 nitrogen and oxygen atoms in total. The average Bonchev–Trinajstić information content (AvgIpc) is 3.04. The largest absolute Gasteiger partial charge is 0.376 e. The molecule has 0 amide bonds. The van der Waals surface area contributed by atoms with Crippen LogP contribution in [0.3, 0.4) is 0 Å². The molecule has 0 spiro atoms. The first-order valence-electron chi connectivity index (χ1n) is 6.89. The number of ether oxygens (including phenoxy) is 1. The molecule has 3 heterocycles. The van der Waals surface area contributed by atoms with Crippen LogP contribution in [0.2, 0.25) is 0 Å². The minimum atomic E-state index is 0. The lowest BCUT2D eigenvalue weighted by Crippen LogP contribution is -2.19. The van der Waals surface area contributed by atoms with E-state index in [1.54, 1.807) is 11.3 Å². The van der Waals surface area contributed by atoms with Gasteiger partial charge in [-0.15, -0.1) is 23.7 Å². The number of aromatic nitrogens is 2. The molecule has 0 saturated carbocycles. The van der Waals surface area contributed by atoms with Crippen LogP contribution in [0, 0.1) is 6.92 Å². The molecular weight excluding hydrogens is 294 g/mol. The Morgan fingerprint density at radius 2 is 2.30 bits per heavy atom. The molecule has 1 atom stereocenters. The van der Waals surface area contributed by atoms with Gasteiger partial charge in [-0.2, -0.15) is 0 Å². The van der Waals surface area contributed by atoms with Crippen LogP contribution >= 0.6 is 23.7 Å². The highest BCUT2D eigenvalue weighted by atomic mass is 35.5. The molecule has 3 rings (SSSR count). The summed E-state index contributed by atoms with van der Waals surface area (Å²) in [6.07, 6.45) is 3.69. The van der Waals surface area contributed by atoms with Gasteiger partial charge >= 0.3 is 0 Å². The smallest absolute Gasteiger partial charge is 0.138 e. The van der Waals surface area contributed by atoms with Crippen LogP contribution in [0.5, 0.6) is 0 Å². The molecule has 0 aliphatic carbocycles. The lowest BCUT2D eigenvalue weighted by Gasteiger charge is -2.12. The third-order valence-electron chi connectivity index (χ3n) is 3.43. The number of anilines is 1. The maximum absolute atomic E-state index is 5.64. The molecule has 6 heteroatoms. The lowest BCUT2D eigenvalue weighted by atomic mass is 10.2. The Morgan fingerprint density at radius 3 is 3.00 bits per heavy atom. The first kappa shape index (κ1) is 15.5. The number of halogens is 1. The van der Waals surface area contributed by atoms with Crippen molar-refractivity contribution < 1.29 is 4.74 Å². The Hall–Kier alpha value is -0.910. The summed E-state index contributed by atoms with van der Waals surface area (Å²) < 4.78 is 5.64. The summed E-state index contributed by atoms with van der Waals surface area (Å²) in [7, 11) is 0. The van der Waals surface area contributed by atoms with Crippen LogP contribution in [-0.2, 0) is 11.2 Å². The third kappa shape index (κ3) is 3.22. The minimum Gasteiger partial charge on any atom is -0.376 e. The van der Waals surface area contributed by atoms with E-state index in [1.165, 1.54) is 11.3 Å². The van der Waals surface area contributed by atoms with Crippen molar-refractivity contribution in [2.45, 2.75) is 39.2 Å². The number of fused-ring (bicyclic) bond motifs is 1. The lowest BCUT2D eigenvalue weighted by molar-refractivity contribution is 0.120. The van der Waals surface area contributed by atoms with Gasteiger partial charge in [0.2, 0.25) is 0 Å². The molecule has 1 N–H and O–H groups in total. The fourth-order valence-corrected chi connectivity index (χ4v) is 3.42. The Labute approximate surface area is 129 Å². The summed E-state index contributed by atoms with van der Waals surface area (Å²) in [5.74, 6) is 1.78. The van der Waals surface area contributed by atoms with E-state index in [2.05, 4.69) is 28.3 Å². The van der Waals surface area contributed by atoms with Gasteiger partial charge in [0.15, 0.2) is 0 Å². The van der Waals surface area contributed by atoms with Gasteiger partial charge in [-0.25, -0.2) is 9.97 Å². The second-order valence-electron chi connectivity index (χ2n) is 4.92. The van der Waals surface area contributed by atoms with Gasteiger partial charge in [0.1, 0.15) is 16.5 Å². The molecule has 110 valence electrons. The van der Waals surface area contributed by atoms with Gasteiger partial charge in [0.05, 0.1) is 11.5 Å². The zero-order valence-electron chi connectivity index (χ0n) is 11.8. The van der Waals surface area contributed by atoms with E-state index < -0.39 is 0 Å². The Morgan fingerprint density at radius 1 is 1.45 bits per heavy atom. The van der Waals surface area contributed by atoms with Crippen molar-refractivity contribution in [2.24, 2.45) is 0 Å². The summed E-state index contributed by atoms with van der Waals surface area (Å²) in [4.78, 5) is 11.5. The zero-order chi connectivity index (χ0) is 13.2. The van der Waals surface area contributed by atoms with Crippen molar-refractivity contribution in [3.05, 3.63) is 16.8 Å². The van der Waals surface area contributed by atoms with Crippen molar-refractivity contribution in [3.63, 3.8) is 0 Å². The van der Waals surface area contributed by atoms with E-state index in [0.717, 1.165) is 47.9 Å². The number of thiophene rings is 1. The van der Waals surface area contributed by atoms with E-state index in [1.807, 2.05) is 6.92 Å². The predicted octanol–water partition coefficient (Wildman–Crippen LogP) is 3.57. The summed E-state index contributed by atoms with van der Waals surface area (Å²) in [5, 5.41) is 4.58. The highest BCUT2D eigenvalue weighted by molar-refractivity contribution is 7.18. The molecule has 20 heavy (non-hydrogen) atoms. The first-order valence-corrected chi connectivity index (χ1v) is 7.70. The summed E-state index contributed by atoms with van der Waals surface area (Å²) in [6.45, 7) is 5.85. The molecule has 0 radical (unpaired) electrons. The molecule has 1 fully saturated rings. The van der Waals surface area contributed by atoms with Gasteiger partial charge in [0.25, 0.3) is 0 Å². The van der Waals surface area contributed by atoms with Gasteiger partial charge in [-0.3, -0.25) is 0 Å². The predicted molar refractivity (Wildman–Crippen MR) is 86.2 cm³/mol. The van der Waals surface area contributed by atoms with Gasteiger partial charge in [-0.1, -0.05) is 6.92 Å². The zero-order valence-corrected chi connectivity index (χ0v) is 13.4. The van der Waals surface area contributed by atoms with Crippen molar-refractivity contribution >= 4 is 39.8 Å². The quantitative estimate of drug-likeness (QED) is 0.937. The maximum atomic E-state index is 5.64. The van der Waals surface area contributed by atoms with Crippen molar-refractivity contribution in [3.8, 4) is 0 Å². The van der Waals surface area contributed by atoms with Gasteiger partial charge in [0, 0.05) is 18.0 Å². The second-order valence-corrected chi connectivity index (χ2v) is 6.04. The summed E-state index contributed by atoms with van der Waals surface area (Å²) in [6, 6.07) is 2.21. The molecular formula is C14H20ClN3OS. The molecule has 0 aromatic carbocycles. The summed E-state index contributed by atoms with van der Waals surface area (Å²) >= 11 is 1.76. The number of hydrogen-bond acceptors (Lipinski definition) is 5. The van der Waals surface area contributed by atoms with E-state index in [4.69, 9.17) is 4.74 Å². The van der Waals surface area contributed by atoms with Crippen molar-refractivity contribution in [1.82, 2.24) is 9.97 Å². The fourth-order valence-electron chi connectivity index (χ4n) is 2.40. The van der Waals surface area contributed by atoms with E-state index in [-0.39, 0.29) is 12.4 Å². The number of rotatable bonds is 4. The van der Waals surface area contributed by atoms with E-state index >= 15 is 0 Å². The Kier molecular flexibility index (Phi) is 5.18. The topological polar surface area (TPSA) is 47.0 Å². The monoisotopic (exact) mass is 313 g/mol. The number of nitrogens with zero attached hydrogens (tertiary/aromatic N) is 2. The fraction of sp³-hybridized carbons (Fsp3) is 0.571. The normalized spacial score (nSPS) is 18.2. The average molecular weight is 314 g/mol. The molecule has 0 bridgehead atoms. The van der Waals surface area contributed by atoms with E-state index in [9.17, 15) is 0 Å². The molecule has 1 saturated heterocycles. The highest BCUT2D eigenvalue weighted by Gasteiger charge is 2.16. The van der Waals surface area contributed by atoms with Crippen LogP contribution < -0.4 is 5.32 Å². The number of nitrogens with one attached hydrogen (secondary N) is 1. The maximum Gasteiger partial charge on any atom is 0.138 e. The van der Waals surface area contributed by atoms with Crippen LogP contribution in [0.15, 0.2) is 6.07 Å². The second kappa shape index (κ2) is 6.70. The molecule has 2 aromatic heterocycles. The van der Waals surface area contributed by atoms with Gasteiger partial charge < -0.3 is 10.1 Å². The number of hydrogen-bond donors (Lipinski definition) is 1. The van der Waals surface area contributed by atoms with Crippen LogP contribution in [-0.4, -0.2) is 29.2 Å². The van der Waals surface area contributed by atoms with Crippen molar-refractivity contribution in [2.75, 3.05) is 18.5 Å². The Balaban J connectivity index is 0.00000147. The number of aryl methyl sites for hydroxylation is 2. The van der Waals surface area contributed by atoms with Crippen LogP contribution in [0.25, 0.3) is 10.2 Å². The van der Waals surface area contributed by atoms with Gasteiger partial charge in [-0.05, 0) is 32.3 Å². The first-order chi connectivity index (χ1) is 9.26. The Bertz CT molecular complexity index is 581. The van der Waals surface area contributed by atoms with E-state index in [0.29, 0.717) is 6.10 Å².